The number of benzene rings is 1. The van der Waals surface area contributed by atoms with Crippen LogP contribution in [0.25, 0.3) is 0 Å². The molecule has 1 atom stereocenters. The summed E-state index contributed by atoms with van der Waals surface area (Å²) in [5, 5.41) is 3.71. The van der Waals surface area contributed by atoms with Crippen LogP contribution in [-0.4, -0.2) is 6.54 Å². The molecule has 0 aliphatic heterocycles. The second-order valence-corrected chi connectivity index (χ2v) is 6.42. The van der Waals surface area contributed by atoms with E-state index in [4.69, 9.17) is 23.2 Å². The highest BCUT2D eigenvalue weighted by atomic mass is 35.5. The quantitative estimate of drug-likeness (QED) is 0.810. The number of hydrogen-bond donors (Lipinski definition) is 1. The van der Waals surface area contributed by atoms with Gasteiger partial charge in [0.1, 0.15) is 5.82 Å². The standard InChI is InChI=1S/C14H14Cl2FNS/c1-2-18-13(8-10-4-6-14(16)19-10)11-5-3-9(15)7-12(11)17/h3-7,13,18H,2,8H2,1H3. The van der Waals surface area contributed by atoms with E-state index >= 15 is 0 Å². The zero-order valence-electron chi connectivity index (χ0n) is 10.4. The highest BCUT2D eigenvalue weighted by Gasteiger charge is 2.16. The molecule has 19 heavy (non-hydrogen) atoms. The lowest BCUT2D eigenvalue weighted by atomic mass is 10.0. The molecule has 0 spiro atoms. The molecule has 0 radical (unpaired) electrons. The van der Waals surface area contributed by atoms with E-state index in [1.54, 1.807) is 12.1 Å². The highest BCUT2D eigenvalue weighted by Crippen LogP contribution is 2.28. The summed E-state index contributed by atoms with van der Waals surface area (Å²) in [6.07, 6.45) is 0.712. The molecule has 0 amide bonds. The van der Waals surface area contributed by atoms with E-state index in [1.807, 2.05) is 19.1 Å². The van der Waals surface area contributed by atoms with Crippen LogP contribution in [0.3, 0.4) is 0 Å². The first-order valence-electron chi connectivity index (χ1n) is 6.02. The van der Waals surface area contributed by atoms with Crippen molar-refractivity contribution < 1.29 is 4.39 Å². The van der Waals surface area contributed by atoms with Crippen LogP contribution < -0.4 is 5.32 Å². The predicted molar refractivity (Wildman–Crippen MR) is 80.9 cm³/mol. The number of rotatable bonds is 5. The Balaban J connectivity index is 2.23. The second kappa shape index (κ2) is 6.71. The number of likely N-dealkylation sites (N-methyl/N-ethyl adjacent to an activating group) is 1. The minimum absolute atomic E-state index is 0.0722. The molecule has 0 aliphatic carbocycles. The van der Waals surface area contributed by atoms with Crippen molar-refractivity contribution in [2.24, 2.45) is 0 Å². The summed E-state index contributed by atoms with van der Waals surface area (Å²) in [7, 11) is 0. The van der Waals surface area contributed by atoms with Crippen LogP contribution in [0, 0.1) is 5.82 Å². The van der Waals surface area contributed by atoms with Crippen LogP contribution >= 0.6 is 34.5 Å². The van der Waals surface area contributed by atoms with Gasteiger partial charge in [-0.15, -0.1) is 11.3 Å². The van der Waals surface area contributed by atoms with Gasteiger partial charge in [-0.2, -0.15) is 0 Å². The maximum Gasteiger partial charge on any atom is 0.129 e. The third-order valence-electron chi connectivity index (χ3n) is 2.82. The van der Waals surface area contributed by atoms with Gasteiger partial charge in [-0.3, -0.25) is 0 Å². The van der Waals surface area contributed by atoms with Crippen molar-refractivity contribution in [2.75, 3.05) is 6.54 Å². The van der Waals surface area contributed by atoms with Crippen molar-refractivity contribution in [1.82, 2.24) is 5.32 Å². The van der Waals surface area contributed by atoms with Gasteiger partial charge < -0.3 is 5.32 Å². The molecule has 0 saturated carbocycles. The highest BCUT2D eigenvalue weighted by molar-refractivity contribution is 7.16. The van der Waals surface area contributed by atoms with Crippen molar-refractivity contribution in [2.45, 2.75) is 19.4 Å². The second-order valence-electron chi connectivity index (χ2n) is 4.19. The minimum Gasteiger partial charge on any atom is -0.310 e. The molecule has 1 N–H and O–H groups in total. The average Bonchev–Trinajstić information content (AvgIpc) is 2.74. The van der Waals surface area contributed by atoms with E-state index in [1.165, 1.54) is 17.4 Å². The Morgan fingerprint density at radius 2 is 2.05 bits per heavy atom. The Kier molecular flexibility index (Phi) is 5.22. The van der Waals surface area contributed by atoms with Crippen LogP contribution in [0.4, 0.5) is 4.39 Å². The summed E-state index contributed by atoms with van der Waals surface area (Å²) in [4.78, 5) is 1.13. The molecule has 5 heteroatoms. The zero-order valence-corrected chi connectivity index (χ0v) is 12.7. The van der Waals surface area contributed by atoms with Gasteiger partial charge in [0.25, 0.3) is 0 Å². The SMILES string of the molecule is CCNC(Cc1ccc(Cl)s1)c1ccc(Cl)cc1F. The molecule has 1 aromatic heterocycles. The van der Waals surface area contributed by atoms with Gasteiger partial charge >= 0.3 is 0 Å². The third kappa shape index (κ3) is 3.93. The fraction of sp³-hybridized carbons (Fsp3) is 0.286. The Morgan fingerprint density at radius 3 is 2.63 bits per heavy atom. The summed E-state index contributed by atoms with van der Waals surface area (Å²) in [5.41, 5.74) is 0.635. The summed E-state index contributed by atoms with van der Waals surface area (Å²) >= 11 is 13.2. The maximum absolute atomic E-state index is 14.0. The monoisotopic (exact) mass is 317 g/mol. The lowest BCUT2D eigenvalue weighted by Crippen LogP contribution is -2.23. The molecular formula is C14H14Cl2FNS. The van der Waals surface area contributed by atoms with Gasteiger partial charge in [-0.1, -0.05) is 36.2 Å². The van der Waals surface area contributed by atoms with Gasteiger partial charge in [0.05, 0.1) is 4.34 Å². The van der Waals surface area contributed by atoms with E-state index in [0.29, 0.717) is 17.0 Å². The number of thiophene rings is 1. The molecule has 2 rings (SSSR count). The molecule has 0 saturated heterocycles. The van der Waals surface area contributed by atoms with Gasteiger partial charge in [-0.25, -0.2) is 4.39 Å². The van der Waals surface area contributed by atoms with Crippen LogP contribution in [0.2, 0.25) is 9.36 Å². The first-order valence-corrected chi connectivity index (χ1v) is 7.60. The zero-order chi connectivity index (χ0) is 13.8. The molecule has 0 fully saturated rings. The van der Waals surface area contributed by atoms with E-state index in [0.717, 1.165) is 15.8 Å². The molecular weight excluding hydrogens is 304 g/mol. The number of nitrogens with one attached hydrogen (secondary N) is 1. The molecule has 0 aliphatic rings. The summed E-state index contributed by atoms with van der Waals surface area (Å²) in [6.45, 7) is 2.77. The summed E-state index contributed by atoms with van der Waals surface area (Å²) in [6, 6.07) is 8.57. The van der Waals surface area contributed by atoms with Crippen molar-refractivity contribution in [3.8, 4) is 0 Å². The molecule has 102 valence electrons. The number of hydrogen-bond acceptors (Lipinski definition) is 2. The molecule has 1 heterocycles. The van der Waals surface area contributed by atoms with Gasteiger partial charge in [0, 0.05) is 27.9 Å². The first kappa shape index (κ1) is 14.8. The Bertz CT molecular complexity index is 556. The van der Waals surface area contributed by atoms with Crippen LogP contribution in [-0.2, 0) is 6.42 Å². The largest absolute Gasteiger partial charge is 0.310 e. The average molecular weight is 318 g/mol. The van der Waals surface area contributed by atoms with Gasteiger partial charge in [0.15, 0.2) is 0 Å². The van der Waals surface area contributed by atoms with E-state index in [-0.39, 0.29) is 11.9 Å². The fourth-order valence-corrected chi connectivity index (χ4v) is 3.28. The Morgan fingerprint density at radius 1 is 1.26 bits per heavy atom. The maximum atomic E-state index is 14.0. The Labute approximate surface area is 126 Å². The van der Waals surface area contributed by atoms with Gasteiger partial charge in [0.2, 0.25) is 0 Å². The van der Waals surface area contributed by atoms with Crippen LogP contribution in [0.5, 0.6) is 0 Å². The van der Waals surface area contributed by atoms with Crippen molar-refractivity contribution in [3.63, 3.8) is 0 Å². The van der Waals surface area contributed by atoms with Crippen LogP contribution in [0.1, 0.15) is 23.4 Å². The number of halogens is 3. The van der Waals surface area contributed by atoms with Crippen LogP contribution in [0.15, 0.2) is 30.3 Å². The normalized spacial score (nSPS) is 12.6. The summed E-state index contributed by atoms with van der Waals surface area (Å²) < 4.78 is 14.7. The lowest BCUT2D eigenvalue weighted by molar-refractivity contribution is 0.512. The molecule has 2 aromatic rings. The molecule has 1 nitrogen and oxygen atoms in total. The van der Waals surface area contributed by atoms with E-state index < -0.39 is 0 Å². The fourth-order valence-electron chi connectivity index (χ4n) is 1.99. The predicted octanol–water partition coefficient (Wildman–Crippen LogP) is 5.09. The van der Waals surface area contributed by atoms with E-state index in [9.17, 15) is 4.39 Å². The Hall–Kier alpha value is -0.610. The van der Waals surface area contributed by atoms with Crippen molar-refractivity contribution >= 4 is 34.5 Å². The topological polar surface area (TPSA) is 12.0 Å². The molecule has 0 bridgehead atoms. The van der Waals surface area contributed by atoms with Gasteiger partial charge in [-0.05, 0) is 30.8 Å². The third-order valence-corrected chi connectivity index (χ3v) is 4.31. The van der Waals surface area contributed by atoms with E-state index in [2.05, 4.69) is 5.32 Å². The molecule has 1 unspecified atom stereocenters. The van der Waals surface area contributed by atoms with Crippen molar-refractivity contribution in [3.05, 3.63) is 55.9 Å². The molecule has 1 aromatic carbocycles. The minimum atomic E-state index is -0.277. The smallest absolute Gasteiger partial charge is 0.129 e. The van der Waals surface area contributed by atoms with Crippen molar-refractivity contribution in [1.29, 1.82) is 0 Å². The lowest BCUT2D eigenvalue weighted by Gasteiger charge is -2.18. The first-order chi connectivity index (χ1) is 9.10. The summed E-state index contributed by atoms with van der Waals surface area (Å²) in [5.74, 6) is -0.277.